The van der Waals surface area contributed by atoms with Crippen LogP contribution in [0.4, 0.5) is 14.5 Å². The summed E-state index contributed by atoms with van der Waals surface area (Å²) in [6.45, 7) is 15.2. The molecule has 2 aromatic rings. The summed E-state index contributed by atoms with van der Waals surface area (Å²) in [6, 6.07) is 5.89. The number of fused-ring (bicyclic) bond motifs is 1. The molecule has 41 heavy (non-hydrogen) atoms. The molecule has 1 aromatic heterocycles. The maximum absolute atomic E-state index is 14.5. The van der Waals surface area contributed by atoms with Crippen LogP contribution in [0.2, 0.25) is 0 Å². The number of benzene rings is 1. The minimum Gasteiger partial charge on any atom is -0.376 e. The van der Waals surface area contributed by atoms with Crippen LogP contribution in [-0.2, 0) is 28.4 Å². The first-order valence-corrected chi connectivity index (χ1v) is 14.6. The zero-order valence-electron chi connectivity index (χ0n) is 25.0. The van der Waals surface area contributed by atoms with Gasteiger partial charge in [-0.2, -0.15) is 0 Å². The van der Waals surface area contributed by atoms with Crippen molar-refractivity contribution in [2.75, 3.05) is 50.8 Å². The maximum atomic E-state index is 14.5. The molecule has 1 N–H and O–H groups in total. The summed E-state index contributed by atoms with van der Waals surface area (Å²) >= 11 is 0. The largest absolute Gasteiger partial charge is 0.376 e. The summed E-state index contributed by atoms with van der Waals surface area (Å²) in [5.41, 5.74) is 1.42. The van der Waals surface area contributed by atoms with E-state index in [1.165, 1.54) is 12.1 Å². The van der Waals surface area contributed by atoms with Crippen molar-refractivity contribution in [3.63, 3.8) is 0 Å². The van der Waals surface area contributed by atoms with Crippen LogP contribution in [0, 0.1) is 11.6 Å². The fourth-order valence-corrected chi connectivity index (χ4v) is 6.73. The first-order valence-electron chi connectivity index (χ1n) is 14.6. The van der Waals surface area contributed by atoms with Gasteiger partial charge in [-0.1, -0.05) is 19.9 Å². The summed E-state index contributed by atoms with van der Waals surface area (Å²) in [5.74, 6) is -1.37. The molecule has 1 amide bonds. The third-order valence-corrected chi connectivity index (χ3v) is 8.90. The summed E-state index contributed by atoms with van der Waals surface area (Å²) in [7, 11) is 1.71. The Bertz CT molecular complexity index is 1360. The lowest BCUT2D eigenvalue weighted by Crippen LogP contribution is -2.62. The van der Waals surface area contributed by atoms with Crippen LogP contribution in [0.5, 0.6) is 0 Å². The molecule has 8 nitrogen and oxygen atoms in total. The van der Waals surface area contributed by atoms with E-state index in [-0.39, 0.29) is 48.2 Å². The standard InChI is InChI=1S/C31H43F2N5O3/c1-19-13-37(25(12-34-19)15-36-14-21(3)41-17-20(36)2)16-28(39)38-18-31(4,5)29-27(38)10-23(30(40)35(29)6)9-22-7-8-24(32)11-26(22)33/h7-8,10-11,19-21,25,34H,9,12-18H2,1-6H3/t19-,20-,21+,25-/m1/s1. The van der Waals surface area contributed by atoms with E-state index in [2.05, 4.69) is 35.9 Å². The van der Waals surface area contributed by atoms with Crippen LogP contribution in [0.15, 0.2) is 29.1 Å². The Kier molecular flexibility index (Phi) is 8.40. The van der Waals surface area contributed by atoms with Crippen LogP contribution >= 0.6 is 0 Å². The number of nitrogens with zero attached hydrogens (tertiary/aromatic N) is 4. The summed E-state index contributed by atoms with van der Waals surface area (Å²) < 4.78 is 35.4. The average Bonchev–Trinajstić information content (AvgIpc) is 3.17. The number of aromatic nitrogens is 1. The van der Waals surface area contributed by atoms with Crippen molar-refractivity contribution in [3.8, 4) is 0 Å². The number of carbonyl (C=O) groups excluding carboxylic acids is 1. The third kappa shape index (κ3) is 6.11. The van der Waals surface area contributed by atoms with E-state index < -0.39 is 17.0 Å². The molecule has 0 aliphatic carbocycles. The highest BCUT2D eigenvalue weighted by atomic mass is 19.1. The van der Waals surface area contributed by atoms with E-state index in [9.17, 15) is 18.4 Å². The summed E-state index contributed by atoms with van der Waals surface area (Å²) in [5, 5.41) is 3.58. The van der Waals surface area contributed by atoms with Crippen LogP contribution in [-0.4, -0.2) is 90.4 Å². The van der Waals surface area contributed by atoms with Gasteiger partial charge in [0, 0.05) is 81.4 Å². The first-order chi connectivity index (χ1) is 19.3. The number of morpholine rings is 1. The van der Waals surface area contributed by atoms with Crippen LogP contribution < -0.4 is 15.8 Å². The van der Waals surface area contributed by atoms with Gasteiger partial charge in [-0.15, -0.1) is 0 Å². The molecule has 0 bridgehead atoms. The molecular weight excluding hydrogens is 528 g/mol. The predicted molar refractivity (Wildman–Crippen MR) is 156 cm³/mol. The predicted octanol–water partition coefficient (Wildman–Crippen LogP) is 2.65. The van der Waals surface area contributed by atoms with Crippen LogP contribution in [0.3, 0.4) is 0 Å². The number of pyridine rings is 1. The number of nitrogens with one attached hydrogen (secondary N) is 1. The molecule has 2 fully saturated rings. The van der Waals surface area contributed by atoms with E-state index in [0.717, 1.165) is 37.9 Å². The minimum atomic E-state index is -0.691. The molecule has 4 heterocycles. The first kappa shape index (κ1) is 29.8. The second kappa shape index (κ2) is 11.6. The van der Waals surface area contributed by atoms with Crippen molar-refractivity contribution in [2.24, 2.45) is 7.05 Å². The van der Waals surface area contributed by atoms with E-state index in [0.29, 0.717) is 30.4 Å². The van der Waals surface area contributed by atoms with Crippen molar-refractivity contribution in [2.45, 2.75) is 70.7 Å². The quantitative estimate of drug-likeness (QED) is 0.575. The van der Waals surface area contributed by atoms with Crippen molar-refractivity contribution in [3.05, 3.63) is 63.1 Å². The highest BCUT2D eigenvalue weighted by Gasteiger charge is 2.42. The van der Waals surface area contributed by atoms with Gasteiger partial charge in [0.15, 0.2) is 0 Å². The lowest BCUT2D eigenvalue weighted by molar-refractivity contribution is -0.121. The second-order valence-electron chi connectivity index (χ2n) is 12.9. The Labute approximate surface area is 241 Å². The number of carbonyl (C=O) groups is 1. The third-order valence-electron chi connectivity index (χ3n) is 8.90. The number of anilines is 1. The molecule has 5 rings (SSSR count). The van der Waals surface area contributed by atoms with Crippen molar-refractivity contribution in [1.29, 1.82) is 0 Å². The van der Waals surface area contributed by atoms with Crippen LogP contribution in [0.25, 0.3) is 0 Å². The highest BCUT2D eigenvalue weighted by molar-refractivity contribution is 5.97. The number of amides is 1. The molecule has 3 aliphatic heterocycles. The molecule has 224 valence electrons. The number of halogens is 2. The number of piperazine rings is 1. The summed E-state index contributed by atoms with van der Waals surface area (Å²) in [4.78, 5) is 33.9. The molecule has 0 spiro atoms. The van der Waals surface area contributed by atoms with Gasteiger partial charge in [-0.05, 0) is 38.5 Å². The number of hydrogen-bond donors (Lipinski definition) is 1. The Morgan fingerprint density at radius 3 is 2.59 bits per heavy atom. The number of ether oxygens (including phenoxy) is 1. The average molecular weight is 572 g/mol. The molecule has 1 aromatic carbocycles. The van der Waals surface area contributed by atoms with E-state index in [1.54, 1.807) is 22.6 Å². The van der Waals surface area contributed by atoms with Crippen molar-refractivity contribution < 1.29 is 18.3 Å². The van der Waals surface area contributed by atoms with Crippen molar-refractivity contribution >= 4 is 11.6 Å². The summed E-state index contributed by atoms with van der Waals surface area (Å²) in [6.07, 6.45) is 0.200. The van der Waals surface area contributed by atoms with Gasteiger partial charge in [0.1, 0.15) is 11.6 Å². The van der Waals surface area contributed by atoms with E-state index in [1.807, 2.05) is 13.8 Å². The van der Waals surface area contributed by atoms with Gasteiger partial charge in [-0.25, -0.2) is 8.78 Å². The Balaban J connectivity index is 1.40. The number of rotatable bonds is 6. The van der Waals surface area contributed by atoms with E-state index >= 15 is 0 Å². The molecule has 0 unspecified atom stereocenters. The van der Waals surface area contributed by atoms with E-state index in [4.69, 9.17) is 4.74 Å². The highest BCUT2D eigenvalue weighted by Crippen LogP contribution is 2.40. The molecular formula is C31H43F2N5O3. The Morgan fingerprint density at radius 2 is 1.85 bits per heavy atom. The van der Waals surface area contributed by atoms with Crippen LogP contribution in [0.1, 0.15) is 51.4 Å². The maximum Gasteiger partial charge on any atom is 0.254 e. The number of hydrogen-bond acceptors (Lipinski definition) is 6. The fourth-order valence-electron chi connectivity index (χ4n) is 6.73. The van der Waals surface area contributed by atoms with Gasteiger partial charge in [0.2, 0.25) is 5.91 Å². The second-order valence-corrected chi connectivity index (χ2v) is 12.9. The molecule has 0 saturated carbocycles. The zero-order chi connectivity index (χ0) is 29.6. The fraction of sp³-hybridized carbons (Fsp3) is 0.613. The lowest BCUT2D eigenvalue weighted by Gasteiger charge is -2.44. The van der Waals surface area contributed by atoms with Gasteiger partial charge >= 0.3 is 0 Å². The Hall–Kier alpha value is -2.66. The smallest absolute Gasteiger partial charge is 0.254 e. The molecule has 0 radical (unpaired) electrons. The van der Waals surface area contributed by atoms with Gasteiger partial charge in [0.25, 0.3) is 5.56 Å². The van der Waals surface area contributed by atoms with Gasteiger partial charge < -0.3 is 19.5 Å². The van der Waals surface area contributed by atoms with Gasteiger partial charge in [0.05, 0.1) is 30.6 Å². The minimum absolute atomic E-state index is 0.0159. The Morgan fingerprint density at radius 1 is 1.10 bits per heavy atom. The SMILES string of the molecule is C[C@@H]1CN(CC(=O)N2CC(C)(C)c3c2cc(Cc2ccc(F)cc2F)c(=O)n3C)[C@@H](CN2C[C@H](C)OC[C@H]2C)CN1. The molecule has 10 heteroatoms. The topological polar surface area (TPSA) is 70.1 Å². The normalized spacial score (nSPS) is 26.8. The molecule has 3 aliphatic rings. The van der Waals surface area contributed by atoms with Crippen molar-refractivity contribution in [1.82, 2.24) is 19.7 Å². The van der Waals surface area contributed by atoms with Gasteiger partial charge in [-0.3, -0.25) is 19.4 Å². The molecule has 4 atom stereocenters. The zero-order valence-corrected chi connectivity index (χ0v) is 25.0. The lowest BCUT2D eigenvalue weighted by atomic mass is 9.90. The monoisotopic (exact) mass is 571 g/mol. The molecule has 2 saturated heterocycles.